The first-order chi connectivity index (χ1) is 9.95. The van der Waals surface area contributed by atoms with E-state index in [2.05, 4.69) is 10.1 Å². The maximum absolute atomic E-state index is 11.8. The van der Waals surface area contributed by atoms with Gasteiger partial charge in [-0.1, -0.05) is 19.1 Å². The van der Waals surface area contributed by atoms with Crippen molar-refractivity contribution in [3.63, 3.8) is 0 Å². The second-order valence-corrected chi connectivity index (χ2v) is 5.43. The van der Waals surface area contributed by atoms with Gasteiger partial charge < -0.3 is 15.8 Å². The minimum Gasteiger partial charge on any atom is -0.469 e. The van der Waals surface area contributed by atoms with Crippen LogP contribution in [0.1, 0.15) is 17.3 Å². The van der Waals surface area contributed by atoms with Crippen molar-refractivity contribution in [2.75, 3.05) is 23.9 Å². The second kappa shape index (κ2) is 8.31. The normalized spacial score (nSPS) is 11.5. The van der Waals surface area contributed by atoms with Crippen LogP contribution in [0.4, 0.5) is 5.69 Å². The lowest BCUT2D eigenvalue weighted by molar-refractivity contribution is -0.144. The van der Waals surface area contributed by atoms with E-state index in [9.17, 15) is 14.4 Å². The summed E-state index contributed by atoms with van der Waals surface area (Å²) >= 11 is 1.32. The van der Waals surface area contributed by atoms with Crippen molar-refractivity contribution < 1.29 is 19.1 Å². The number of amides is 2. The third kappa shape index (κ3) is 5.47. The zero-order valence-electron chi connectivity index (χ0n) is 11.9. The van der Waals surface area contributed by atoms with Gasteiger partial charge in [-0.25, -0.2) is 0 Å². The quantitative estimate of drug-likeness (QED) is 0.739. The fraction of sp³-hybridized carbons (Fsp3) is 0.357. The Hall–Kier alpha value is -2.02. The maximum Gasteiger partial charge on any atom is 0.309 e. The molecule has 0 aromatic heterocycles. The molecule has 0 saturated heterocycles. The monoisotopic (exact) mass is 310 g/mol. The van der Waals surface area contributed by atoms with Gasteiger partial charge in [0.25, 0.3) is 5.91 Å². The number of thioether (sulfide) groups is 1. The number of carbonyl (C=O) groups excluding carboxylic acids is 3. The number of nitrogens with one attached hydrogen (secondary N) is 1. The van der Waals surface area contributed by atoms with E-state index in [1.165, 1.54) is 18.9 Å². The van der Waals surface area contributed by atoms with Gasteiger partial charge in [0, 0.05) is 5.75 Å². The number of benzene rings is 1. The van der Waals surface area contributed by atoms with Gasteiger partial charge in [0.05, 0.1) is 30.0 Å². The first-order valence-corrected chi connectivity index (χ1v) is 7.45. The SMILES string of the molecule is COC(=O)C(C)CSCC(=O)Nc1ccccc1C(N)=O. The number of primary amides is 1. The number of hydrogen-bond donors (Lipinski definition) is 2. The van der Waals surface area contributed by atoms with Crippen LogP contribution in [0.25, 0.3) is 0 Å². The number of esters is 1. The van der Waals surface area contributed by atoms with E-state index < -0.39 is 5.91 Å². The minimum absolute atomic E-state index is 0.175. The summed E-state index contributed by atoms with van der Waals surface area (Å²) in [5.41, 5.74) is 5.88. The smallest absolute Gasteiger partial charge is 0.309 e. The zero-order chi connectivity index (χ0) is 15.8. The molecule has 2 amide bonds. The zero-order valence-corrected chi connectivity index (χ0v) is 12.7. The van der Waals surface area contributed by atoms with Gasteiger partial charge in [-0.3, -0.25) is 14.4 Å². The van der Waals surface area contributed by atoms with Crippen LogP contribution in [0.3, 0.4) is 0 Å². The van der Waals surface area contributed by atoms with Crippen molar-refractivity contribution in [1.29, 1.82) is 0 Å². The van der Waals surface area contributed by atoms with Crippen LogP contribution in [0.2, 0.25) is 0 Å². The molecule has 1 unspecified atom stereocenters. The summed E-state index contributed by atoms with van der Waals surface area (Å²) in [6.45, 7) is 1.74. The topological polar surface area (TPSA) is 98.5 Å². The Morgan fingerprint density at radius 1 is 1.33 bits per heavy atom. The van der Waals surface area contributed by atoms with Crippen molar-refractivity contribution in [2.24, 2.45) is 11.7 Å². The van der Waals surface area contributed by atoms with Gasteiger partial charge in [0.2, 0.25) is 5.91 Å². The van der Waals surface area contributed by atoms with E-state index in [0.717, 1.165) is 0 Å². The van der Waals surface area contributed by atoms with Crippen LogP contribution in [0, 0.1) is 5.92 Å². The fourth-order valence-electron chi connectivity index (χ4n) is 1.59. The first-order valence-electron chi connectivity index (χ1n) is 6.30. The Morgan fingerprint density at radius 2 is 2.00 bits per heavy atom. The van der Waals surface area contributed by atoms with E-state index in [0.29, 0.717) is 11.4 Å². The Labute approximate surface area is 127 Å². The predicted octanol–water partition coefficient (Wildman–Crippen LogP) is 1.27. The van der Waals surface area contributed by atoms with Gasteiger partial charge in [-0.2, -0.15) is 11.8 Å². The molecular weight excluding hydrogens is 292 g/mol. The average Bonchev–Trinajstić information content (AvgIpc) is 2.46. The van der Waals surface area contributed by atoms with Crippen LogP contribution >= 0.6 is 11.8 Å². The standard InChI is InChI=1S/C14H18N2O4S/c1-9(14(19)20-2)7-21-8-12(17)16-11-6-4-3-5-10(11)13(15)18/h3-6,9H,7-8H2,1-2H3,(H2,15,18)(H,16,17). The van der Waals surface area contributed by atoms with Gasteiger partial charge in [0.1, 0.15) is 0 Å². The number of nitrogens with two attached hydrogens (primary N) is 1. The molecule has 0 spiro atoms. The van der Waals surface area contributed by atoms with Crippen molar-refractivity contribution in [1.82, 2.24) is 0 Å². The second-order valence-electron chi connectivity index (χ2n) is 4.40. The summed E-state index contributed by atoms with van der Waals surface area (Å²) in [5, 5.41) is 2.63. The number of methoxy groups -OCH3 is 1. The number of anilines is 1. The molecule has 21 heavy (non-hydrogen) atoms. The lowest BCUT2D eigenvalue weighted by Gasteiger charge is -2.10. The molecule has 0 saturated carbocycles. The molecule has 1 aromatic carbocycles. The van der Waals surface area contributed by atoms with E-state index in [1.807, 2.05) is 0 Å². The van der Waals surface area contributed by atoms with Gasteiger partial charge in [-0.15, -0.1) is 0 Å². The minimum atomic E-state index is -0.599. The maximum atomic E-state index is 11.8. The molecule has 0 radical (unpaired) electrons. The summed E-state index contributed by atoms with van der Waals surface area (Å²) in [6, 6.07) is 6.53. The lowest BCUT2D eigenvalue weighted by Crippen LogP contribution is -2.20. The third-order valence-electron chi connectivity index (χ3n) is 2.67. The molecule has 0 bridgehead atoms. The van der Waals surface area contributed by atoms with Gasteiger partial charge >= 0.3 is 5.97 Å². The molecule has 3 N–H and O–H groups in total. The molecule has 0 fully saturated rings. The van der Waals surface area contributed by atoms with E-state index in [-0.39, 0.29) is 29.1 Å². The number of ether oxygens (including phenoxy) is 1. The predicted molar refractivity (Wildman–Crippen MR) is 82.1 cm³/mol. The highest BCUT2D eigenvalue weighted by Gasteiger charge is 2.14. The molecule has 0 aliphatic carbocycles. The number of hydrogen-bond acceptors (Lipinski definition) is 5. The molecule has 6 nitrogen and oxygen atoms in total. The molecule has 0 aliphatic rings. The Morgan fingerprint density at radius 3 is 2.62 bits per heavy atom. The average molecular weight is 310 g/mol. The number of carbonyl (C=O) groups is 3. The van der Waals surface area contributed by atoms with Gasteiger partial charge in [-0.05, 0) is 12.1 Å². The largest absolute Gasteiger partial charge is 0.469 e. The highest BCUT2D eigenvalue weighted by molar-refractivity contribution is 8.00. The number of para-hydroxylation sites is 1. The summed E-state index contributed by atoms with van der Waals surface area (Å²) in [5.74, 6) is -0.775. The van der Waals surface area contributed by atoms with Crippen molar-refractivity contribution in [3.8, 4) is 0 Å². The molecule has 1 atom stereocenters. The fourth-order valence-corrected chi connectivity index (χ4v) is 2.46. The highest BCUT2D eigenvalue weighted by atomic mass is 32.2. The van der Waals surface area contributed by atoms with Crippen LogP contribution < -0.4 is 11.1 Å². The molecule has 0 heterocycles. The Balaban J connectivity index is 2.48. The molecule has 1 aromatic rings. The van der Waals surface area contributed by atoms with E-state index in [4.69, 9.17) is 5.73 Å². The molecule has 1 rings (SSSR count). The van der Waals surface area contributed by atoms with Gasteiger partial charge in [0.15, 0.2) is 0 Å². The highest BCUT2D eigenvalue weighted by Crippen LogP contribution is 2.15. The van der Waals surface area contributed by atoms with E-state index in [1.54, 1.807) is 31.2 Å². The van der Waals surface area contributed by atoms with Crippen LogP contribution in [0.5, 0.6) is 0 Å². The summed E-state index contributed by atoms with van der Waals surface area (Å²) < 4.78 is 4.60. The summed E-state index contributed by atoms with van der Waals surface area (Å²) in [4.78, 5) is 34.2. The summed E-state index contributed by atoms with van der Waals surface area (Å²) in [6.07, 6.45) is 0. The molecule has 7 heteroatoms. The van der Waals surface area contributed by atoms with Crippen molar-refractivity contribution in [3.05, 3.63) is 29.8 Å². The molecule has 0 aliphatic heterocycles. The number of rotatable bonds is 7. The molecular formula is C14H18N2O4S. The van der Waals surface area contributed by atoms with Crippen molar-refractivity contribution >= 4 is 35.2 Å². The van der Waals surface area contributed by atoms with Crippen molar-refractivity contribution in [2.45, 2.75) is 6.92 Å². The molecule has 114 valence electrons. The van der Waals surface area contributed by atoms with Crippen LogP contribution in [-0.2, 0) is 14.3 Å². The van der Waals surface area contributed by atoms with Crippen LogP contribution in [0.15, 0.2) is 24.3 Å². The Kier molecular flexibility index (Phi) is 6.74. The van der Waals surface area contributed by atoms with E-state index >= 15 is 0 Å². The summed E-state index contributed by atoms with van der Waals surface area (Å²) in [7, 11) is 1.33. The lowest BCUT2D eigenvalue weighted by atomic mass is 10.1. The third-order valence-corrected chi connectivity index (χ3v) is 3.87. The Bertz CT molecular complexity index is 533. The van der Waals surface area contributed by atoms with Crippen LogP contribution in [-0.4, -0.2) is 36.4 Å². The first kappa shape index (κ1) is 17.0.